The van der Waals surface area contributed by atoms with Crippen molar-refractivity contribution in [1.29, 1.82) is 0 Å². The number of halogens is 2. The summed E-state index contributed by atoms with van der Waals surface area (Å²) in [5.74, 6) is 0.166. The van der Waals surface area contributed by atoms with Crippen LogP contribution in [0.5, 0.6) is 0 Å². The fourth-order valence-corrected chi connectivity index (χ4v) is 2.50. The van der Waals surface area contributed by atoms with Crippen molar-refractivity contribution in [2.75, 3.05) is 25.6 Å². The zero-order chi connectivity index (χ0) is 15.9. The average Bonchev–Trinajstić information content (AvgIpc) is 2.54. The second-order valence-corrected chi connectivity index (χ2v) is 5.86. The molecule has 0 aromatic heterocycles. The molecule has 7 heteroatoms. The minimum absolute atomic E-state index is 0.0558. The van der Waals surface area contributed by atoms with Gasteiger partial charge >= 0.3 is 6.09 Å². The molecule has 1 fully saturated rings. The normalized spacial score (nSPS) is 15.5. The van der Waals surface area contributed by atoms with Crippen LogP contribution in [-0.2, 0) is 4.74 Å². The number of carbonyl (C=O) groups excluding carboxylic acids is 2. The highest BCUT2D eigenvalue weighted by Gasteiger charge is 2.24. The van der Waals surface area contributed by atoms with Crippen molar-refractivity contribution in [3.63, 3.8) is 0 Å². The minimum Gasteiger partial charge on any atom is -0.448 e. The second kappa shape index (κ2) is 8.25. The van der Waals surface area contributed by atoms with E-state index in [0.29, 0.717) is 42.4 Å². The Balaban J connectivity index is 1.78. The lowest BCUT2D eigenvalue weighted by atomic mass is 10.0. The fraction of sp³-hybridized carbons (Fsp3) is 0.467. The Bertz CT molecular complexity index is 514. The van der Waals surface area contributed by atoms with Crippen molar-refractivity contribution in [3.8, 4) is 0 Å². The van der Waals surface area contributed by atoms with E-state index in [-0.39, 0.29) is 24.6 Å². The average molecular weight is 345 g/mol. The third-order valence-corrected chi connectivity index (χ3v) is 3.90. The van der Waals surface area contributed by atoms with E-state index >= 15 is 0 Å². The van der Waals surface area contributed by atoms with Crippen LogP contribution in [-0.4, -0.2) is 48.5 Å². The maximum atomic E-state index is 12.1. The molecule has 1 saturated heterocycles. The summed E-state index contributed by atoms with van der Waals surface area (Å²) in [4.78, 5) is 25.4. The molecule has 2 rings (SSSR count). The molecular formula is C15H18Cl2N2O3. The van der Waals surface area contributed by atoms with Gasteiger partial charge < -0.3 is 15.0 Å². The summed E-state index contributed by atoms with van der Waals surface area (Å²) in [6.45, 7) is 1.34. The number of amides is 2. The van der Waals surface area contributed by atoms with Crippen LogP contribution in [0.3, 0.4) is 0 Å². The Hall–Kier alpha value is -1.46. The number of rotatable bonds is 4. The lowest BCUT2D eigenvalue weighted by Gasteiger charge is -2.31. The smallest absolute Gasteiger partial charge is 0.409 e. The standard InChI is InChI=1S/C15H18Cl2N2O3/c16-7-10-22-15(21)19-8-5-13(6-9-19)18-14(20)11-1-3-12(17)4-2-11/h1-4,13H,5-10H2,(H,18,20). The molecule has 2 amide bonds. The number of hydrogen-bond donors (Lipinski definition) is 1. The van der Waals surface area contributed by atoms with Crippen molar-refractivity contribution < 1.29 is 14.3 Å². The topological polar surface area (TPSA) is 58.6 Å². The predicted octanol–water partition coefficient (Wildman–Crippen LogP) is 2.91. The van der Waals surface area contributed by atoms with Gasteiger partial charge in [-0.3, -0.25) is 4.79 Å². The molecule has 1 N–H and O–H groups in total. The van der Waals surface area contributed by atoms with Crippen molar-refractivity contribution >= 4 is 35.2 Å². The van der Waals surface area contributed by atoms with Crippen molar-refractivity contribution in [2.45, 2.75) is 18.9 Å². The molecular weight excluding hydrogens is 327 g/mol. The van der Waals surface area contributed by atoms with Gasteiger partial charge in [0.1, 0.15) is 6.61 Å². The van der Waals surface area contributed by atoms with Crippen LogP contribution in [0.15, 0.2) is 24.3 Å². The van der Waals surface area contributed by atoms with Crippen LogP contribution in [0, 0.1) is 0 Å². The number of hydrogen-bond acceptors (Lipinski definition) is 3. The molecule has 120 valence electrons. The highest BCUT2D eigenvalue weighted by atomic mass is 35.5. The molecule has 0 atom stereocenters. The summed E-state index contributed by atoms with van der Waals surface area (Å²) in [6.07, 6.45) is 1.06. The molecule has 5 nitrogen and oxygen atoms in total. The molecule has 1 aliphatic heterocycles. The van der Waals surface area contributed by atoms with Crippen molar-refractivity contribution in [3.05, 3.63) is 34.9 Å². The third kappa shape index (κ3) is 4.78. The molecule has 0 bridgehead atoms. The van der Waals surface area contributed by atoms with Gasteiger partial charge in [-0.05, 0) is 37.1 Å². The van der Waals surface area contributed by atoms with Gasteiger partial charge in [0.25, 0.3) is 5.91 Å². The summed E-state index contributed by atoms with van der Waals surface area (Å²) in [6, 6.07) is 6.81. The Morgan fingerprint density at radius 2 is 1.86 bits per heavy atom. The first kappa shape index (κ1) is 16.9. The Kier molecular flexibility index (Phi) is 6.34. The van der Waals surface area contributed by atoms with E-state index < -0.39 is 0 Å². The Morgan fingerprint density at radius 1 is 1.23 bits per heavy atom. The van der Waals surface area contributed by atoms with Gasteiger partial charge in [-0.1, -0.05) is 11.6 Å². The highest BCUT2D eigenvalue weighted by Crippen LogP contribution is 2.14. The molecule has 1 heterocycles. The van der Waals surface area contributed by atoms with Crippen molar-refractivity contribution in [1.82, 2.24) is 10.2 Å². The lowest BCUT2D eigenvalue weighted by molar-refractivity contribution is 0.0862. The summed E-state index contributed by atoms with van der Waals surface area (Å²) in [5.41, 5.74) is 0.577. The van der Waals surface area contributed by atoms with E-state index in [0.717, 1.165) is 0 Å². The van der Waals surface area contributed by atoms with Gasteiger partial charge in [0.05, 0.1) is 5.88 Å². The summed E-state index contributed by atoms with van der Waals surface area (Å²) >= 11 is 11.3. The van der Waals surface area contributed by atoms with E-state index in [1.54, 1.807) is 29.2 Å². The number of nitrogens with one attached hydrogen (secondary N) is 1. The molecule has 0 spiro atoms. The molecule has 0 saturated carbocycles. The number of alkyl halides is 1. The van der Waals surface area contributed by atoms with E-state index in [4.69, 9.17) is 27.9 Å². The second-order valence-electron chi connectivity index (χ2n) is 5.05. The largest absolute Gasteiger partial charge is 0.448 e. The number of piperidine rings is 1. The molecule has 0 radical (unpaired) electrons. The molecule has 1 aliphatic rings. The van der Waals surface area contributed by atoms with Crippen molar-refractivity contribution in [2.24, 2.45) is 0 Å². The van der Waals surface area contributed by atoms with Gasteiger partial charge in [-0.2, -0.15) is 0 Å². The first-order valence-corrected chi connectivity index (χ1v) is 8.05. The monoisotopic (exact) mass is 344 g/mol. The van der Waals surface area contributed by atoms with Gasteiger partial charge in [0, 0.05) is 29.7 Å². The third-order valence-electron chi connectivity index (χ3n) is 3.50. The number of nitrogens with zero attached hydrogens (tertiary/aromatic N) is 1. The molecule has 0 aliphatic carbocycles. The Labute approximate surface area is 139 Å². The van der Waals surface area contributed by atoms with E-state index in [1.807, 2.05) is 0 Å². The summed E-state index contributed by atoms with van der Waals surface area (Å²) < 4.78 is 4.98. The first-order valence-electron chi connectivity index (χ1n) is 7.14. The fourth-order valence-electron chi connectivity index (χ4n) is 2.29. The number of ether oxygens (including phenoxy) is 1. The molecule has 1 aromatic carbocycles. The molecule has 1 aromatic rings. The first-order chi connectivity index (χ1) is 10.6. The van der Waals surface area contributed by atoms with Crippen LogP contribution >= 0.6 is 23.2 Å². The zero-order valence-corrected chi connectivity index (χ0v) is 13.6. The molecule has 0 unspecified atom stereocenters. The van der Waals surface area contributed by atoms with E-state index in [9.17, 15) is 9.59 Å². The molecule has 22 heavy (non-hydrogen) atoms. The Morgan fingerprint density at radius 3 is 2.45 bits per heavy atom. The highest BCUT2D eigenvalue weighted by molar-refractivity contribution is 6.30. The predicted molar refractivity (Wildman–Crippen MR) is 85.6 cm³/mol. The van der Waals surface area contributed by atoms with Gasteiger partial charge in [0.2, 0.25) is 0 Å². The van der Waals surface area contributed by atoms with Gasteiger partial charge in [-0.25, -0.2) is 4.79 Å². The zero-order valence-electron chi connectivity index (χ0n) is 12.1. The maximum absolute atomic E-state index is 12.1. The summed E-state index contributed by atoms with van der Waals surface area (Å²) in [7, 11) is 0. The number of likely N-dealkylation sites (tertiary alicyclic amines) is 1. The SMILES string of the molecule is O=C(NC1CCN(C(=O)OCCCl)CC1)c1ccc(Cl)cc1. The van der Waals surface area contributed by atoms with Crippen LogP contribution in [0.2, 0.25) is 5.02 Å². The lowest BCUT2D eigenvalue weighted by Crippen LogP contribution is -2.46. The van der Waals surface area contributed by atoms with Crippen LogP contribution in [0.25, 0.3) is 0 Å². The van der Waals surface area contributed by atoms with Crippen LogP contribution in [0.1, 0.15) is 23.2 Å². The van der Waals surface area contributed by atoms with Crippen LogP contribution < -0.4 is 5.32 Å². The van der Waals surface area contributed by atoms with Gasteiger partial charge in [-0.15, -0.1) is 11.6 Å². The number of carbonyl (C=O) groups is 2. The number of benzene rings is 1. The maximum Gasteiger partial charge on any atom is 0.409 e. The van der Waals surface area contributed by atoms with Crippen LogP contribution in [0.4, 0.5) is 4.79 Å². The minimum atomic E-state index is -0.344. The van der Waals surface area contributed by atoms with Gasteiger partial charge in [0.15, 0.2) is 0 Å². The summed E-state index contributed by atoms with van der Waals surface area (Å²) in [5, 5.41) is 3.57. The quantitative estimate of drug-likeness (QED) is 0.854. The van der Waals surface area contributed by atoms with E-state index in [2.05, 4.69) is 5.32 Å². The van der Waals surface area contributed by atoms with E-state index in [1.165, 1.54) is 0 Å².